The van der Waals surface area contributed by atoms with Gasteiger partial charge in [0.1, 0.15) is 0 Å². The molecule has 1 aliphatic heterocycles. The van der Waals surface area contributed by atoms with Crippen molar-refractivity contribution in [3.05, 3.63) is 0 Å². The molecule has 0 spiro atoms. The minimum absolute atomic E-state index is 0.0139. The number of rotatable bonds is 4. The van der Waals surface area contributed by atoms with E-state index in [4.69, 9.17) is 5.84 Å². The van der Waals surface area contributed by atoms with Crippen LogP contribution in [-0.2, 0) is 0 Å². The van der Waals surface area contributed by atoms with E-state index in [0.29, 0.717) is 12.5 Å². The van der Waals surface area contributed by atoms with Crippen molar-refractivity contribution in [2.75, 3.05) is 19.6 Å². The zero-order valence-corrected chi connectivity index (χ0v) is 9.20. The van der Waals surface area contributed by atoms with Crippen molar-refractivity contribution in [1.82, 2.24) is 9.91 Å². The van der Waals surface area contributed by atoms with E-state index in [1.54, 1.807) is 0 Å². The van der Waals surface area contributed by atoms with Crippen LogP contribution in [0.1, 0.15) is 33.1 Å². The van der Waals surface area contributed by atoms with Gasteiger partial charge in [0, 0.05) is 19.6 Å². The van der Waals surface area contributed by atoms with Crippen LogP contribution in [0.3, 0.4) is 0 Å². The van der Waals surface area contributed by atoms with Crippen molar-refractivity contribution < 1.29 is 4.79 Å². The number of nitrogens with two attached hydrogens (primary N) is 1. The van der Waals surface area contributed by atoms with Crippen molar-refractivity contribution in [3.8, 4) is 0 Å². The molecule has 82 valence electrons. The molecule has 2 amide bonds. The van der Waals surface area contributed by atoms with Gasteiger partial charge in [0.2, 0.25) is 0 Å². The van der Waals surface area contributed by atoms with Crippen LogP contribution in [-0.4, -0.2) is 35.6 Å². The topological polar surface area (TPSA) is 49.6 Å². The van der Waals surface area contributed by atoms with Gasteiger partial charge in [-0.25, -0.2) is 10.6 Å². The van der Waals surface area contributed by atoms with E-state index in [1.165, 1.54) is 11.4 Å². The van der Waals surface area contributed by atoms with Crippen LogP contribution in [0, 0.1) is 5.92 Å². The summed E-state index contributed by atoms with van der Waals surface area (Å²) in [7, 11) is 0. The highest BCUT2D eigenvalue weighted by atomic mass is 16.2. The van der Waals surface area contributed by atoms with Gasteiger partial charge in [-0.3, -0.25) is 5.01 Å². The quantitative estimate of drug-likeness (QED) is 0.550. The van der Waals surface area contributed by atoms with Crippen molar-refractivity contribution in [2.45, 2.75) is 33.1 Å². The van der Waals surface area contributed by atoms with E-state index in [2.05, 4.69) is 13.8 Å². The van der Waals surface area contributed by atoms with Crippen LogP contribution in [0.15, 0.2) is 0 Å². The molecule has 1 fully saturated rings. The molecule has 1 aliphatic rings. The second-order valence-electron chi connectivity index (χ2n) is 4.35. The van der Waals surface area contributed by atoms with Crippen molar-refractivity contribution >= 4 is 6.03 Å². The lowest BCUT2D eigenvalue weighted by atomic mass is 10.1. The lowest BCUT2D eigenvalue weighted by molar-refractivity contribution is 0.128. The smallest absolute Gasteiger partial charge is 0.323 e. The Morgan fingerprint density at radius 2 is 2.14 bits per heavy atom. The molecular weight excluding hydrogens is 178 g/mol. The summed E-state index contributed by atoms with van der Waals surface area (Å²) in [6.07, 6.45) is 3.25. The summed E-state index contributed by atoms with van der Waals surface area (Å²) < 4.78 is 0. The van der Waals surface area contributed by atoms with Crippen LogP contribution in [0.5, 0.6) is 0 Å². The van der Waals surface area contributed by atoms with Gasteiger partial charge in [-0.1, -0.05) is 13.8 Å². The van der Waals surface area contributed by atoms with Gasteiger partial charge in [-0.2, -0.15) is 0 Å². The predicted molar refractivity (Wildman–Crippen MR) is 56.6 cm³/mol. The Balaban J connectivity index is 2.25. The first-order valence-electron chi connectivity index (χ1n) is 5.42. The molecule has 1 saturated heterocycles. The molecule has 1 rings (SSSR count). The molecule has 0 atom stereocenters. The number of hydrogen-bond donors (Lipinski definition) is 1. The molecule has 0 aliphatic carbocycles. The molecule has 2 N–H and O–H groups in total. The maximum absolute atomic E-state index is 11.5. The van der Waals surface area contributed by atoms with Gasteiger partial charge in [0.15, 0.2) is 0 Å². The first-order valence-corrected chi connectivity index (χ1v) is 5.42. The van der Waals surface area contributed by atoms with Crippen molar-refractivity contribution in [3.63, 3.8) is 0 Å². The maximum Gasteiger partial charge on any atom is 0.334 e. The van der Waals surface area contributed by atoms with E-state index in [-0.39, 0.29) is 6.03 Å². The number of urea groups is 1. The zero-order valence-electron chi connectivity index (χ0n) is 9.20. The molecule has 0 aromatic rings. The number of hydrazine groups is 1. The van der Waals surface area contributed by atoms with Gasteiger partial charge in [-0.05, 0) is 25.2 Å². The molecule has 4 heteroatoms. The number of amides is 2. The molecule has 0 radical (unpaired) electrons. The average molecular weight is 199 g/mol. The Morgan fingerprint density at radius 1 is 1.43 bits per heavy atom. The van der Waals surface area contributed by atoms with E-state index in [0.717, 1.165) is 25.9 Å². The third-order valence-electron chi connectivity index (χ3n) is 2.55. The third kappa shape index (κ3) is 3.18. The van der Waals surface area contributed by atoms with E-state index >= 15 is 0 Å². The molecule has 14 heavy (non-hydrogen) atoms. The van der Waals surface area contributed by atoms with E-state index < -0.39 is 0 Å². The fourth-order valence-electron chi connectivity index (χ4n) is 1.70. The fraction of sp³-hybridized carbons (Fsp3) is 0.900. The van der Waals surface area contributed by atoms with Crippen molar-refractivity contribution in [2.24, 2.45) is 11.8 Å². The lowest BCUT2D eigenvalue weighted by Gasteiger charge is -2.32. The Bertz CT molecular complexity index is 194. The molecule has 4 nitrogen and oxygen atoms in total. The SMILES string of the molecule is CC(C)CCCN1CCCN(N)C1=O. The standard InChI is InChI=1S/C10H21N3O/c1-9(2)5-3-6-12-7-4-8-13(11)10(12)14/h9H,3-8,11H2,1-2H3. The highest BCUT2D eigenvalue weighted by molar-refractivity contribution is 5.74. The lowest BCUT2D eigenvalue weighted by Crippen LogP contribution is -2.52. The second-order valence-corrected chi connectivity index (χ2v) is 4.35. The van der Waals surface area contributed by atoms with E-state index in [9.17, 15) is 4.79 Å². The van der Waals surface area contributed by atoms with Crippen LogP contribution in [0.25, 0.3) is 0 Å². The van der Waals surface area contributed by atoms with Crippen LogP contribution in [0.4, 0.5) is 4.79 Å². The summed E-state index contributed by atoms with van der Waals surface area (Å²) >= 11 is 0. The van der Waals surface area contributed by atoms with Crippen LogP contribution < -0.4 is 5.84 Å². The monoisotopic (exact) mass is 199 g/mol. The maximum atomic E-state index is 11.5. The highest BCUT2D eigenvalue weighted by Gasteiger charge is 2.22. The first kappa shape index (κ1) is 11.3. The molecule has 0 saturated carbocycles. The van der Waals surface area contributed by atoms with Crippen LogP contribution >= 0.6 is 0 Å². The summed E-state index contributed by atoms with van der Waals surface area (Å²) in [6.45, 7) is 6.81. The third-order valence-corrected chi connectivity index (χ3v) is 2.55. The summed E-state index contributed by atoms with van der Waals surface area (Å²) in [5.74, 6) is 6.25. The molecule has 0 aromatic carbocycles. The molecule has 0 bridgehead atoms. The Kier molecular flexibility index (Phi) is 4.20. The summed E-state index contributed by atoms with van der Waals surface area (Å²) in [5, 5.41) is 1.32. The second kappa shape index (κ2) is 5.20. The van der Waals surface area contributed by atoms with Crippen LogP contribution in [0.2, 0.25) is 0 Å². The van der Waals surface area contributed by atoms with Gasteiger partial charge in [0.25, 0.3) is 0 Å². The van der Waals surface area contributed by atoms with Crippen molar-refractivity contribution in [1.29, 1.82) is 0 Å². The number of nitrogens with zero attached hydrogens (tertiary/aromatic N) is 2. The highest BCUT2D eigenvalue weighted by Crippen LogP contribution is 2.09. The molecule has 0 aromatic heterocycles. The largest absolute Gasteiger partial charge is 0.334 e. The summed E-state index contributed by atoms with van der Waals surface area (Å²) in [4.78, 5) is 13.4. The predicted octanol–water partition coefficient (Wildman–Crippen LogP) is 1.42. The summed E-state index contributed by atoms with van der Waals surface area (Å²) in [5.41, 5.74) is 0. The zero-order chi connectivity index (χ0) is 10.6. The summed E-state index contributed by atoms with van der Waals surface area (Å²) in [6, 6.07) is -0.0139. The van der Waals surface area contributed by atoms with Gasteiger partial charge in [-0.15, -0.1) is 0 Å². The minimum atomic E-state index is -0.0139. The normalized spacial score (nSPS) is 18.1. The Hall–Kier alpha value is -0.770. The Labute approximate surface area is 86.0 Å². The average Bonchev–Trinajstić information content (AvgIpc) is 2.12. The van der Waals surface area contributed by atoms with Gasteiger partial charge >= 0.3 is 6.03 Å². The number of hydrogen-bond acceptors (Lipinski definition) is 2. The minimum Gasteiger partial charge on any atom is -0.323 e. The van der Waals surface area contributed by atoms with E-state index in [1.807, 2.05) is 4.90 Å². The van der Waals surface area contributed by atoms with Gasteiger partial charge in [0.05, 0.1) is 0 Å². The van der Waals surface area contributed by atoms with Gasteiger partial charge < -0.3 is 4.90 Å². The number of carbonyl (C=O) groups excluding carboxylic acids is 1. The molecular formula is C10H21N3O. The fourth-order valence-corrected chi connectivity index (χ4v) is 1.70. The Morgan fingerprint density at radius 3 is 2.79 bits per heavy atom. The number of carbonyl (C=O) groups is 1. The molecule has 1 heterocycles. The first-order chi connectivity index (χ1) is 6.61. The molecule has 0 unspecified atom stereocenters.